The largest absolute Gasteiger partial charge is 0.351 e. The molecule has 0 heterocycles. The van der Waals surface area contributed by atoms with E-state index in [1.54, 1.807) is 10.6 Å². The number of carbonyl (C=O) groups excluding carboxylic acids is 2. The van der Waals surface area contributed by atoms with Crippen molar-refractivity contribution in [3.63, 3.8) is 0 Å². The van der Waals surface area contributed by atoms with E-state index in [2.05, 4.69) is 5.73 Å². The van der Waals surface area contributed by atoms with Gasteiger partial charge in [-0.1, -0.05) is 0 Å². The van der Waals surface area contributed by atoms with Crippen LogP contribution in [0, 0.1) is 10.1 Å². The lowest BCUT2D eigenvalue weighted by molar-refractivity contribution is -0.483. The first kappa shape index (κ1) is 9.14. The van der Waals surface area contributed by atoms with Crippen LogP contribution in [0.2, 0.25) is 0 Å². The number of nitrogens with two attached hydrogens (primary N) is 1. The highest BCUT2D eigenvalue weighted by Gasteiger charge is 2.04. The lowest BCUT2D eigenvalue weighted by atomic mass is 10.8. The van der Waals surface area contributed by atoms with Crippen molar-refractivity contribution in [1.29, 1.82) is 0 Å². The maximum absolute atomic E-state index is 10.3. The Balaban J connectivity index is 3.53. The highest BCUT2D eigenvalue weighted by molar-refractivity contribution is 5.92. The molecule has 0 aliphatic carbocycles. The zero-order chi connectivity index (χ0) is 8.85. The van der Waals surface area contributed by atoms with Crippen LogP contribution in [0.1, 0.15) is 0 Å². The molecule has 0 unspecified atom stereocenters. The minimum Gasteiger partial charge on any atom is -0.351 e. The summed E-state index contributed by atoms with van der Waals surface area (Å²) in [7, 11) is 0. The van der Waals surface area contributed by atoms with E-state index in [1.165, 1.54) is 0 Å². The van der Waals surface area contributed by atoms with Gasteiger partial charge in [0.15, 0.2) is 0 Å². The Labute approximate surface area is 60.9 Å². The summed E-state index contributed by atoms with van der Waals surface area (Å²) in [6.45, 7) is -0.751. The molecule has 8 heteroatoms. The Bertz CT molecular complexity index is 190. The molecule has 0 saturated carbocycles. The third kappa shape index (κ3) is 6.02. The van der Waals surface area contributed by atoms with Gasteiger partial charge < -0.3 is 5.73 Å². The smallest absolute Gasteiger partial charge is 0.327 e. The van der Waals surface area contributed by atoms with Crippen molar-refractivity contribution < 1.29 is 14.5 Å². The van der Waals surface area contributed by atoms with Gasteiger partial charge in [-0.05, 0) is 0 Å². The van der Waals surface area contributed by atoms with Gasteiger partial charge in [-0.25, -0.2) is 9.59 Å². The lowest BCUT2D eigenvalue weighted by Crippen LogP contribution is -2.43. The normalized spacial score (nSPS) is 8.36. The standard InChI is InChI=1S/C3H6N4O4/c4-2(8)6-3(9)5-1-7(10)11/h1H2,(H4,4,5,6,8,9). The Morgan fingerprint density at radius 1 is 1.55 bits per heavy atom. The van der Waals surface area contributed by atoms with Gasteiger partial charge in [0.1, 0.15) is 0 Å². The van der Waals surface area contributed by atoms with Crippen LogP contribution in [0.4, 0.5) is 9.59 Å². The highest BCUT2D eigenvalue weighted by Crippen LogP contribution is 1.65. The first-order valence-electron chi connectivity index (χ1n) is 2.48. The minimum atomic E-state index is -1.06. The van der Waals surface area contributed by atoms with Crippen molar-refractivity contribution in [3.05, 3.63) is 10.1 Å². The molecule has 0 spiro atoms. The first-order chi connectivity index (χ1) is 5.02. The first-order valence-corrected chi connectivity index (χ1v) is 2.48. The quantitative estimate of drug-likeness (QED) is 0.262. The molecule has 0 bridgehead atoms. The molecule has 0 atom stereocenters. The fourth-order valence-corrected chi connectivity index (χ4v) is 0.292. The van der Waals surface area contributed by atoms with E-state index >= 15 is 0 Å². The van der Waals surface area contributed by atoms with E-state index < -0.39 is 23.7 Å². The summed E-state index contributed by atoms with van der Waals surface area (Å²) in [6.07, 6.45) is 0. The van der Waals surface area contributed by atoms with Crippen LogP contribution in [0.3, 0.4) is 0 Å². The number of rotatable bonds is 2. The molecule has 0 aliphatic heterocycles. The van der Waals surface area contributed by atoms with E-state index in [-0.39, 0.29) is 0 Å². The van der Waals surface area contributed by atoms with Crippen molar-refractivity contribution >= 4 is 12.1 Å². The molecule has 4 N–H and O–H groups in total. The molecular formula is C3H6N4O4. The number of imide groups is 1. The fraction of sp³-hybridized carbons (Fsp3) is 0.333. The molecule has 4 amide bonds. The van der Waals surface area contributed by atoms with E-state index in [9.17, 15) is 19.7 Å². The molecule has 0 aromatic carbocycles. The SMILES string of the molecule is NC(=O)NC(=O)NC[N+](=O)[O-]. The molecule has 0 radical (unpaired) electrons. The minimum absolute atomic E-state index is 0.751. The van der Waals surface area contributed by atoms with Gasteiger partial charge in [0, 0.05) is 4.92 Å². The fourth-order valence-electron chi connectivity index (χ4n) is 0.292. The predicted octanol–water partition coefficient (Wildman–Crippen LogP) is -1.40. The zero-order valence-electron chi connectivity index (χ0n) is 5.36. The number of primary amides is 1. The number of hydrogen-bond acceptors (Lipinski definition) is 4. The number of nitrogens with one attached hydrogen (secondary N) is 2. The Hall–Kier alpha value is -1.86. The Morgan fingerprint density at radius 2 is 2.09 bits per heavy atom. The summed E-state index contributed by atoms with van der Waals surface area (Å²) in [5.41, 5.74) is 4.52. The average Bonchev–Trinajstić information content (AvgIpc) is 1.82. The molecular weight excluding hydrogens is 156 g/mol. The topological polar surface area (TPSA) is 127 Å². The monoisotopic (exact) mass is 162 g/mol. The summed E-state index contributed by atoms with van der Waals surface area (Å²) in [5.74, 6) is 0. The van der Waals surface area contributed by atoms with Gasteiger partial charge in [0.25, 0.3) is 6.67 Å². The van der Waals surface area contributed by atoms with Crippen LogP contribution in [0.15, 0.2) is 0 Å². The second-order valence-electron chi connectivity index (χ2n) is 1.49. The maximum Gasteiger partial charge on any atom is 0.327 e. The van der Waals surface area contributed by atoms with Crippen LogP contribution >= 0.6 is 0 Å². The highest BCUT2D eigenvalue weighted by atomic mass is 16.6. The molecule has 0 rings (SSSR count). The van der Waals surface area contributed by atoms with Crippen molar-refractivity contribution in [1.82, 2.24) is 10.6 Å². The van der Waals surface area contributed by atoms with Crippen molar-refractivity contribution in [2.24, 2.45) is 5.73 Å². The molecule has 0 fully saturated rings. The van der Waals surface area contributed by atoms with Gasteiger partial charge in [-0.15, -0.1) is 0 Å². The predicted molar refractivity (Wildman–Crippen MR) is 33.1 cm³/mol. The van der Waals surface area contributed by atoms with Crippen LogP contribution < -0.4 is 16.4 Å². The van der Waals surface area contributed by atoms with Crippen LogP contribution in [0.25, 0.3) is 0 Å². The van der Waals surface area contributed by atoms with Gasteiger partial charge in [0.2, 0.25) is 0 Å². The van der Waals surface area contributed by atoms with E-state index in [4.69, 9.17) is 0 Å². The third-order valence-electron chi connectivity index (χ3n) is 0.605. The van der Waals surface area contributed by atoms with Crippen LogP contribution in [-0.4, -0.2) is 23.7 Å². The summed E-state index contributed by atoms with van der Waals surface area (Å²) in [6, 6.07) is -2.06. The van der Waals surface area contributed by atoms with Gasteiger partial charge >= 0.3 is 12.1 Å². The number of urea groups is 2. The van der Waals surface area contributed by atoms with E-state index in [1.807, 2.05) is 0 Å². The van der Waals surface area contributed by atoms with Crippen LogP contribution in [0.5, 0.6) is 0 Å². The molecule has 0 saturated heterocycles. The third-order valence-corrected chi connectivity index (χ3v) is 0.605. The summed E-state index contributed by atoms with van der Waals surface area (Å²) in [5, 5.41) is 13.0. The average molecular weight is 162 g/mol. The number of amides is 4. The summed E-state index contributed by atoms with van der Waals surface area (Å²) in [4.78, 5) is 29.1. The summed E-state index contributed by atoms with van der Waals surface area (Å²) >= 11 is 0. The summed E-state index contributed by atoms with van der Waals surface area (Å²) < 4.78 is 0. The Kier molecular flexibility index (Phi) is 3.35. The number of carbonyl (C=O) groups is 2. The lowest BCUT2D eigenvalue weighted by Gasteiger charge is -1.98. The number of nitro groups is 1. The number of nitrogens with zero attached hydrogens (tertiary/aromatic N) is 1. The molecule has 62 valence electrons. The molecule has 8 nitrogen and oxygen atoms in total. The molecule has 0 aliphatic rings. The molecule has 11 heavy (non-hydrogen) atoms. The zero-order valence-corrected chi connectivity index (χ0v) is 5.36. The molecule has 0 aromatic rings. The van der Waals surface area contributed by atoms with Crippen molar-refractivity contribution in [2.75, 3.05) is 6.67 Å². The van der Waals surface area contributed by atoms with Crippen LogP contribution in [-0.2, 0) is 0 Å². The second-order valence-corrected chi connectivity index (χ2v) is 1.49. The van der Waals surface area contributed by atoms with E-state index in [0.29, 0.717) is 0 Å². The molecule has 0 aromatic heterocycles. The number of hydrogen-bond donors (Lipinski definition) is 3. The maximum atomic E-state index is 10.3. The van der Waals surface area contributed by atoms with Crippen molar-refractivity contribution in [3.8, 4) is 0 Å². The van der Waals surface area contributed by atoms with Gasteiger partial charge in [-0.3, -0.25) is 20.7 Å². The van der Waals surface area contributed by atoms with Crippen molar-refractivity contribution in [2.45, 2.75) is 0 Å². The van der Waals surface area contributed by atoms with Gasteiger partial charge in [0.05, 0.1) is 0 Å². The second kappa shape index (κ2) is 4.04. The van der Waals surface area contributed by atoms with Gasteiger partial charge in [-0.2, -0.15) is 0 Å². The van der Waals surface area contributed by atoms with E-state index in [0.717, 1.165) is 0 Å². The Morgan fingerprint density at radius 3 is 2.45 bits per heavy atom.